The Morgan fingerprint density at radius 2 is 1.48 bits per heavy atom. The quantitative estimate of drug-likeness (QED) is 0.474. The second kappa shape index (κ2) is 10.4. The molecule has 0 aliphatic heterocycles. The lowest BCUT2D eigenvalue weighted by molar-refractivity contribution is 0.189. The number of urea groups is 1. The molecular formula is C24H24F2N2O4S. The van der Waals surface area contributed by atoms with Crippen LogP contribution in [0.4, 0.5) is 13.6 Å². The molecule has 6 nitrogen and oxygen atoms in total. The van der Waals surface area contributed by atoms with Crippen LogP contribution in [0.25, 0.3) is 0 Å². The summed E-state index contributed by atoms with van der Waals surface area (Å²) < 4.78 is 56.5. The number of benzene rings is 3. The molecule has 3 aromatic carbocycles. The fraction of sp³-hybridized carbons (Fsp3) is 0.208. The van der Waals surface area contributed by atoms with Crippen LogP contribution < -0.4 is 9.50 Å². The normalized spacial score (nSPS) is 11.3. The second-order valence-electron chi connectivity index (χ2n) is 7.73. The first-order chi connectivity index (χ1) is 15.6. The number of carbonyl (C=O) groups is 1. The van der Waals surface area contributed by atoms with Crippen LogP contribution in [0.15, 0.2) is 77.7 Å². The lowest BCUT2D eigenvalue weighted by Crippen LogP contribution is -2.42. The summed E-state index contributed by atoms with van der Waals surface area (Å²) in [5.41, 5.74) is 1.37. The van der Waals surface area contributed by atoms with Gasteiger partial charge in [-0.1, -0.05) is 24.3 Å². The molecule has 0 saturated carbocycles. The number of hydrogen-bond acceptors (Lipinski definition) is 4. The van der Waals surface area contributed by atoms with E-state index in [9.17, 15) is 22.0 Å². The molecule has 0 atom stereocenters. The maximum absolute atomic E-state index is 13.2. The van der Waals surface area contributed by atoms with E-state index >= 15 is 0 Å². The number of nitrogens with one attached hydrogen (secondary N) is 1. The van der Waals surface area contributed by atoms with Gasteiger partial charge in [-0.05, 0) is 73.5 Å². The van der Waals surface area contributed by atoms with Crippen LogP contribution >= 0.6 is 0 Å². The van der Waals surface area contributed by atoms with E-state index in [4.69, 9.17) is 4.18 Å². The molecule has 0 radical (unpaired) electrons. The molecule has 174 valence electrons. The maximum atomic E-state index is 13.2. The van der Waals surface area contributed by atoms with Crippen molar-refractivity contribution >= 4 is 16.1 Å². The first kappa shape index (κ1) is 24.2. The van der Waals surface area contributed by atoms with E-state index in [1.54, 1.807) is 24.3 Å². The zero-order valence-electron chi connectivity index (χ0n) is 18.2. The zero-order valence-corrected chi connectivity index (χ0v) is 19.0. The summed E-state index contributed by atoms with van der Waals surface area (Å²) in [4.78, 5) is 14.1. The molecule has 9 heteroatoms. The molecule has 0 unspecified atom stereocenters. The summed E-state index contributed by atoms with van der Waals surface area (Å²) in [5.74, 6) is -0.871. The van der Waals surface area contributed by atoms with Crippen molar-refractivity contribution in [1.29, 1.82) is 0 Å². The molecule has 0 heterocycles. The Bertz CT molecular complexity index is 1200. The van der Waals surface area contributed by atoms with E-state index in [1.165, 1.54) is 29.2 Å². The number of rotatable bonds is 8. The lowest BCUT2D eigenvalue weighted by Gasteiger charge is -2.25. The van der Waals surface area contributed by atoms with Crippen molar-refractivity contribution in [3.63, 3.8) is 0 Å². The van der Waals surface area contributed by atoms with Crippen molar-refractivity contribution in [2.45, 2.75) is 37.9 Å². The summed E-state index contributed by atoms with van der Waals surface area (Å²) in [6.07, 6.45) is 0. The van der Waals surface area contributed by atoms with E-state index in [0.29, 0.717) is 5.56 Å². The van der Waals surface area contributed by atoms with E-state index in [0.717, 1.165) is 29.8 Å². The van der Waals surface area contributed by atoms with Gasteiger partial charge in [0.2, 0.25) is 0 Å². The smallest absolute Gasteiger partial charge is 0.339 e. The predicted octanol–water partition coefficient (Wildman–Crippen LogP) is 4.85. The Hall–Kier alpha value is -3.46. The van der Waals surface area contributed by atoms with Gasteiger partial charge in [-0.15, -0.1) is 0 Å². The summed E-state index contributed by atoms with van der Waals surface area (Å²) in [6, 6.07) is 16.1. The van der Waals surface area contributed by atoms with Gasteiger partial charge in [-0.2, -0.15) is 8.42 Å². The molecular weight excluding hydrogens is 450 g/mol. The first-order valence-electron chi connectivity index (χ1n) is 10.2. The van der Waals surface area contributed by atoms with Crippen molar-refractivity contribution in [3.8, 4) is 5.75 Å². The van der Waals surface area contributed by atoms with Crippen LogP contribution in [0, 0.1) is 11.6 Å². The summed E-state index contributed by atoms with van der Waals surface area (Å²) in [6.45, 7) is 4.05. The third kappa shape index (κ3) is 7.01. The number of amides is 2. The highest BCUT2D eigenvalue weighted by Crippen LogP contribution is 2.21. The monoisotopic (exact) mass is 474 g/mol. The minimum Gasteiger partial charge on any atom is -0.379 e. The molecule has 0 fully saturated rings. The van der Waals surface area contributed by atoms with Crippen LogP contribution in [0.2, 0.25) is 0 Å². The predicted molar refractivity (Wildman–Crippen MR) is 120 cm³/mol. The van der Waals surface area contributed by atoms with Gasteiger partial charge in [-0.25, -0.2) is 13.6 Å². The van der Waals surface area contributed by atoms with Crippen molar-refractivity contribution in [2.75, 3.05) is 0 Å². The first-order valence-corrected chi connectivity index (χ1v) is 11.6. The molecule has 0 saturated heterocycles. The molecule has 33 heavy (non-hydrogen) atoms. The SMILES string of the molecule is CC(C)NC(=O)N(Cc1ccc(F)cc1)Cc1cccc(OS(=O)(=O)c2ccc(F)cc2)c1. The Labute approximate surface area is 191 Å². The van der Waals surface area contributed by atoms with Crippen LogP contribution in [0.1, 0.15) is 25.0 Å². The molecule has 0 spiro atoms. The average Bonchev–Trinajstić information content (AvgIpc) is 2.74. The van der Waals surface area contributed by atoms with Crippen molar-refractivity contribution in [3.05, 3.63) is 95.6 Å². The van der Waals surface area contributed by atoms with Gasteiger partial charge in [0.05, 0.1) is 0 Å². The standard InChI is InChI=1S/C24H24F2N2O4S/c1-17(2)27-24(29)28(15-18-6-8-20(25)9-7-18)16-19-4-3-5-22(14-19)32-33(30,31)23-12-10-21(26)11-13-23/h3-14,17H,15-16H2,1-2H3,(H,27,29). The highest BCUT2D eigenvalue weighted by Gasteiger charge is 2.19. The van der Waals surface area contributed by atoms with Gasteiger partial charge < -0.3 is 14.4 Å². The van der Waals surface area contributed by atoms with Crippen LogP contribution in [-0.4, -0.2) is 25.4 Å². The lowest BCUT2D eigenvalue weighted by atomic mass is 10.1. The number of nitrogens with zero attached hydrogens (tertiary/aromatic N) is 1. The van der Waals surface area contributed by atoms with Gasteiger partial charge in [-0.3, -0.25) is 0 Å². The van der Waals surface area contributed by atoms with E-state index in [1.807, 2.05) is 13.8 Å². The van der Waals surface area contributed by atoms with Gasteiger partial charge in [0, 0.05) is 19.1 Å². The van der Waals surface area contributed by atoms with Crippen LogP contribution in [0.3, 0.4) is 0 Å². The highest BCUT2D eigenvalue weighted by molar-refractivity contribution is 7.87. The molecule has 3 aromatic rings. The molecule has 1 N–H and O–H groups in total. The number of hydrogen-bond donors (Lipinski definition) is 1. The second-order valence-corrected chi connectivity index (χ2v) is 9.27. The third-order valence-corrected chi connectivity index (χ3v) is 5.83. The van der Waals surface area contributed by atoms with Crippen molar-refractivity contribution in [2.24, 2.45) is 0 Å². The molecule has 0 aliphatic rings. The summed E-state index contributed by atoms with van der Waals surface area (Å²) >= 11 is 0. The zero-order chi connectivity index (χ0) is 24.0. The summed E-state index contributed by atoms with van der Waals surface area (Å²) in [5, 5.41) is 2.83. The minimum absolute atomic E-state index is 0.0582. The Morgan fingerprint density at radius 3 is 2.09 bits per heavy atom. The van der Waals surface area contributed by atoms with Gasteiger partial charge in [0.1, 0.15) is 22.3 Å². The number of halogens is 2. The average molecular weight is 475 g/mol. The van der Waals surface area contributed by atoms with Gasteiger partial charge >= 0.3 is 16.1 Å². The van der Waals surface area contributed by atoms with Crippen molar-refractivity contribution in [1.82, 2.24) is 10.2 Å². The highest BCUT2D eigenvalue weighted by atomic mass is 32.2. The Kier molecular flexibility index (Phi) is 7.65. The van der Waals surface area contributed by atoms with Gasteiger partial charge in [0.25, 0.3) is 0 Å². The Balaban J connectivity index is 1.80. The topological polar surface area (TPSA) is 75.7 Å². The summed E-state index contributed by atoms with van der Waals surface area (Å²) in [7, 11) is -4.16. The Morgan fingerprint density at radius 1 is 0.909 bits per heavy atom. The van der Waals surface area contributed by atoms with E-state index in [-0.39, 0.29) is 41.6 Å². The van der Waals surface area contributed by atoms with E-state index < -0.39 is 15.9 Å². The molecule has 0 aliphatic carbocycles. The van der Waals surface area contributed by atoms with Crippen LogP contribution in [0.5, 0.6) is 5.75 Å². The molecule has 0 bridgehead atoms. The largest absolute Gasteiger partial charge is 0.379 e. The number of carbonyl (C=O) groups excluding carboxylic acids is 1. The molecule has 2 amide bonds. The van der Waals surface area contributed by atoms with Crippen LogP contribution in [-0.2, 0) is 23.2 Å². The maximum Gasteiger partial charge on any atom is 0.339 e. The van der Waals surface area contributed by atoms with E-state index in [2.05, 4.69) is 5.32 Å². The van der Waals surface area contributed by atoms with Gasteiger partial charge in [0.15, 0.2) is 0 Å². The van der Waals surface area contributed by atoms with Crippen molar-refractivity contribution < 1.29 is 26.2 Å². The fourth-order valence-corrected chi connectivity index (χ4v) is 3.96. The third-order valence-electron chi connectivity index (χ3n) is 4.57. The fourth-order valence-electron chi connectivity index (χ4n) is 3.04. The minimum atomic E-state index is -4.16. The molecule has 0 aromatic heterocycles. The molecule has 3 rings (SSSR count).